The highest BCUT2D eigenvalue weighted by Gasteiger charge is 2.02. The van der Waals surface area contributed by atoms with Crippen LogP contribution in [0.5, 0.6) is 0 Å². The third-order valence-electron chi connectivity index (χ3n) is 1.02. The summed E-state index contributed by atoms with van der Waals surface area (Å²) in [7, 11) is -9.33. The minimum Gasteiger partial charge on any atom is -0.393 e. The molecule has 0 aromatic carbocycles. The van der Waals surface area contributed by atoms with Crippen molar-refractivity contribution >= 4 is 44.1 Å². The molecule has 0 saturated carbocycles. The molecule has 12 N–H and O–H groups in total. The summed E-state index contributed by atoms with van der Waals surface area (Å²) in [6.45, 7) is 0. The van der Waals surface area contributed by atoms with Gasteiger partial charge >= 0.3 is 20.8 Å². The Morgan fingerprint density at radius 3 is 1.10 bits per heavy atom. The Kier molecular flexibility index (Phi) is 7.70. The number of hydrogen-bond acceptors (Lipinski definition) is 10. The van der Waals surface area contributed by atoms with Gasteiger partial charge in [-0.1, -0.05) is 0 Å². The van der Waals surface area contributed by atoms with Crippen molar-refractivity contribution in [3.8, 4) is 0 Å². The van der Waals surface area contributed by atoms with Crippen LogP contribution >= 0.6 is 0 Å². The monoisotopic (exact) mass is 336 g/mol. The number of anilines is 4. The summed E-state index contributed by atoms with van der Waals surface area (Å²) < 4.78 is 63.2. The van der Waals surface area contributed by atoms with E-state index in [1.165, 1.54) is 0 Å². The lowest BCUT2D eigenvalue weighted by atomic mass is 10.4. The van der Waals surface area contributed by atoms with E-state index in [-0.39, 0.29) is 23.3 Å². The average Bonchev–Trinajstić information content (AvgIpc) is 2.08. The molecule has 0 amide bonds. The number of nitrogens with zero attached hydrogens (tertiary/aromatic N) is 2. The van der Waals surface area contributed by atoms with Gasteiger partial charge in [0.15, 0.2) is 11.6 Å². The van der Waals surface area contributed by atoms with Gasteiger partial charge in [0.2, 0.25) is 5.95 Å². The number of rotatable bonds is 0. The lowest BCUT2D eigenvalue weighted by molar-refractivity contribution is 0.378. The highest BCUT2D eigenvalue weighted by Crippen LogP contribution is 2.17. The summed E-state index contributed by atoms with van der Waals surface area (Å²) in [5.74, 6) is 0.263. The fourth-order valence-electron chi connectivity index (χ4n) is 0.523. The predicted octanol–water partition coefficient (Wildman–Crippen LogP) is -2.50. The summed E-state index contributed by atoms with van der Waals surface area (Å²) in [6, 6.07) is 0. The minimum atomic E-state index is -4.67. The standard InChI is InChI=1S/C4H8N6.2H2O4S/c5-1-2(6)9-4(8)10-3(1)7;2*1-5(2,3)4/h5H2,(H6,6,7,8,9,10);2*(H2,1,2,3,4). The molecule has 20 heavy (non-hydrogen) atoms. The normalized spacial score (nSPS) is 10.6. The zero-order valence-electron chi connectivity index (χ0n) is 9.44. The summed E-state index contributed by atoms with van der Waals surface area (Å²) >= 11 is 0. The first kappa shape index (κ1) is 20.3. The minimum absolute atomic E-state index is 0.0317. The first-order chi connectivity index (χ1) is 8.61. The van der Waals surface area contributed by atoms with Crippen LogP contribution in [0.3, 0.4) is 0 Å². The lowest BCUT2D eigenvalue weighted by Crippen LogP contribution is -2.07. The first-order valence-electron chi connectivity index (χ1n) is 3.95. The fraction of sp³-hybridized carbons (Fsp3) is 0. The van der Waals surface area contributed by atoms with Crippen molar-refractivity contribution in [1.82, 2.24) is 9.97 Å². The fourth-order valence-corrected chi connectivity index (χ4v) is 0.523. The van der Waals surface area contributed by atoms with E-state index < -0.39 is 20.8 Å². The van der Waals surface area contributed by atoms with Crippen molar-refractivity contribution in [2.75, 3.05) is 22.9 Å². The van der Waals surface area contributed by atoms with E-state index in [1.807, 2.05) is 0 Å². The van der Waals surface area contributed by atoms with Crippen LogP contribution in [0.4, 0.5) is 23.3 Å². The molecule has 1 rings (SSSR count). The van der Waals surface area contributed by atoms with Gasteiger partial charge in [0.05, 0.1) is 0 Å². The molecule has 14 nitrogen and oxygen atoms in total. The summed E-state index contributed by atoms with van der Waals surface area (Å²) in [5.41, 5.74) is 21.3. The molecule has 0 bridgehead atoms. The maximum atomic E-state index is 8.74. The molecule has 1 aromatic rings. The molecule has 0 aliphatic rings. The molecular weight excluding hydrogens is 324 g/mol. The van der Waals surface area contributed by atoms with Crippen LogP contribution in [0, 0.1) is 0 Å². The lowest BCUT2D eigenvalue weighted by Gasteiger charge is -2.01. The molecular formula is C4H12N6O8S2. The Morgan fingerprint density at radius 2 is 0.900 bits per heavy atom. The molecule has 0 aliphatic heterocycles. The van der Waals surface area contributed by atoms with E-state index in [0.29, 0.717) is 0 Å². The van der Waals surface area contributed by atoms with Crippen LogP contribution in [0.15, 0.2) is 0 Å². The van der Waals surface area contributed by atoms with Crippen molar-refractivity contribution in [2.24, 2.45) is 0 Å². The number of nitrogens with two attached hydrogens (primary N) is 4. The van der Waals surface area contributed by atoms with Gasteiger partial charge < -0.3 is 22.9 Å². The van der Waals surface area contributed by atoms with E-state index in [1.54, 1.807) is 0 Å². The Hall–Kier alpha value is -1.98. The zero-order valence-corrected chi connectivity index (χ0v) is 11.1. The van der Waals surface area contributed by atoms with Crippen LogP contribution in [0.2, 0.25) is 0 Å². The van der Waals surface area contributed by atoms with Crippen LogP contribution < -0.4 is 22.9 Å². The summed E-state index contributed by atoms with van der Waals surface area (Å²) in [5, 5.41) is 0. The number of nitrogen functional groups attached to an aromatic ring is 4. The molecule has 1 heterocycles. The molecule has 0 fully saturated rings. The topological polar surface area (TPSA) is 279 Å². The molecule has 0 radical (unpaired) electrons. The number of aromatic nitrogens is 2. The van der Waals surface area contributed by atoms with Gasteiger partial charge in [0.1, 0.15) is 5.69 Å². The predicted molar refractivity (Wildman–Crippen MR) is 68.0 cm³/mol. The molecule has 0 aliphatic carbocycles. The molecule has 0 unspecified atom stereocenters. The van der Waals surface area contributed by atoms with Gasteiger partial charge in [-0.25, -0.2) is 0 Å². The van der Waals surface area contributed by atoms with E-state index in [4.69, 9.17) is 58.0 Å². The molecule has 1 aromatic heterocycles. The Balaban J connectivity index is 0. The van der Waals surface area contributed by atoms with Crippen LogP contribution in [-0.2, 0) is 20.8 Å². The van der Waals surface area contributed by atoms with Crippen molar-refractivity contribution < 1.29 is 35.0 Å². The maximum absolute atomic E-state index is 8.74. The quantitative estimate of drug-likeness (QED) is 0.227. The van der Waals surface area contributed by atoms with Crippen LogP contribution in [0.1, 0.15) is 0 Å². The molecule has 118 valence electrons. The molecule has 0 saturated heterocycles. The van der Waals surface area contributed by atoms with Crippen molar-refractivity contribution in [2.45, 2.75) is 0 Å². The molecule has 16 heteroatoms. The first-order valence-corrected chi connectivity index (χ1v) is 6.74. The second-order valence-electron chi connectivity index (χ2n) is 2.66. The highest BCUT2D eigenvalue weighted by atomic mass is 32.3. The van der Waals surface area contributed by atoms with Crippen LogP contribution in [0.25, 0.3) is 0 Å². The van der Waals surface area contributed by atoms with Crippen molar-refractivity contribution in [1.29, 1.82) is 0 Å². The smallest absolute Gasteiger partial charge is 0.393 e. The SMILES string of the molecule is Nc1nc(N)c(N)c(N)n1.O=S(=O)(O)O.O=S(=O)(O)O. The maximum Gasteiger partial charge on any atom is 0.394 e. The molecule has 0 spiro atoms. The second-order valence-corrected chi connectivity index (χ2v) is 4.45. The third kappa shape index (κ3) is 18.4. The highest BCUT2D eigenvalue weighted by molar-refractivity contribution is 7.80. The summed E-state index contributed by atoms with van der Waals surface area (Å²) in [6.07, 6.45) is 0. The van der Waals surface area contributed by atoms with Gasteiger partial charge in [0.25, 0.3) is 0 Å². The van der Waals surface area contributed by atoms with Crippen molar-refractivity contribution in [3.05, 3.63) is 0 Å². The largest absolute Gasteiger partial charge is 0.394 e. The van der Waals surface area contributed by atoms with E-state index in [0.717, 1.165) is 0 Å². The average molecular weight is 336 g/mol. The van der Waals surface area contributed by atoms with E-state index >= 15 is 0 Å². The van der Waals surface area contributed by atoms with E-state index in [9.17, 15) is 0 Å². The zero-order chi connectivity index (χ0) is 16.7. The van der Waals surface area contributed by atoms with Crippen molar-refractivity contribution in [3.63, 3.8) is 0 Å². The molecule has 0 atom stereocenters. The van der Waals surface area contributed by atoms with Gasteiger partial charge in [-0.15, -0.1) is 0 Å². The summed E-state index contributed by atoms with van der Waals surface area (Å²) in [4.78, 5) is 7.15. The Bertz CT molecular complexity index is 572. The third-order valence-corrected chi connectivity index (χ3v) is 1.02. The number of hydrogen-bond donors (Lipinski definition) is 8. The van der Waals surface area contributed by atoms with Gasteiger partial charge in [-0.2, -0.15) is 26.8 Å². The van der Waals surface area contributed by atoms with Gasteiger partial charge in [-0.3, -0.25) is 18.2 Å². The van der Waals surface area contributed by atoms with E-state index in [2.05, 4.69) is 9.97 Å². The Labute approximate surface area is 113 Å². The second kappa shape index (κ2) is 7.57. The van der Waals surface area contributed by atoms with Gasteiger partial charge in [-0.05, 0) is 0 Å². The van der Waals surface area contributed by atoms with Gasteiger partial charge in [0, 0.05) is 0 Å². The van der Waals surface area contributed by atoms with Crippen LogP contribution in [-0.4, -0.2) is 45.0 Å². The Morgan fingerprint density at radius 1 is 0.700 bits per heavy atom.